The van der Waals surface area contributed by atoms with Crippen LogP contribution in [0.3, 0.4) is 0 Å². The lowest BCUT2D eigenvalue weighted by molar-refractivity contribution is -0.870. The van der Waals surface area contributed by atoms with Gasteiger partial charge in [-0.1, -0.05) is 204 Å². The molecule has 0 aliphatic heterocycles. The van der Waals surface area contributed by atoms with Gasteiger partial charge in [0.2, 0.25) is 0 Å². The molecule has 0 radical (unpaired) electrons. The smallest absolute Gasteiger partial charge is 0.306 e. The Morgan fingerprint density at radius 1 is 0.484 bits per heavy atom. The number of phosphoric acid groups is 1. The van der Waals surface area contributed by atoms with E-state index >= 15 is 0 Å². The van der Waals surface area contributed by atoms with Crippen LogP contribution in [0.15, 0.2) is 48.6 Å². The van der Waals surface area contributed by atoms with Crippen LogP contribution < -0.4 is 4.89 Å². The van der Waals surface area contributed by atoms with E-state index in [4.69, 9.17) is 18.5 Å². The molecule has 0 bridgehead atoms. The summed E-state index contributed by atoms with van der Waals surface area (Å²) in [5.41, 5.74) is 0. The van der Waals surface area contributed by atoms with Crippen molar-refractivity contribution in [1.82, 2.24) is 0 Å². The molecule has 0 N–H and O–H groups in total. The number of hydrogen-bond acceptors (Lipinski definition) is 7. The van der Waals surface area contributed by atoms with Gasteiger partial charge in [0.1, 0.15) is 19.3 Å². The fourth-order valence-corrected chi connectivity index (χ4v) is 8.16. The van der Waals surface area contributed by atoms with Crippen molar-refractivity contribution in [1.29, 1.82) is 0 Å². The molecule has 0 aromatic heterocycles. The van der Waals surface area contributed by atoms with Crippen LogP contribution in [0.4, 0.5) is 0 Å². The third-order valence-corrected chi connectivity index (χ3v) is 12.6. The first-order valence-corrected chi connectivity index (χ1v) is 28.3. The van der Waals surface area contributed by atoms with Crippen molar-refractivity contribution < 1.29 is 37.3 Å². The minimum Gasteiger partial charge on any atom is -0.756 e. The van der Waals surface area contributed by atoms with E-state index < -0.39 is 13.9 Å². The molecule has 0 heterocycles. The third-order valence-electron chi connectivity index (χ3n) is 11.6. The van der Waals surface area contributed by atoms with E-state index in [0.717, 1.165) is 51.4 Å². The molecule has 2 unspecified atom stereocenters. The SMILES string of the molecule is CCCCCCC/C=C\C/C=C\C/C=C\CCCCCCCCCCC(=O)OC(COCCCCCCCCCC/C=C\CCCCCCCCC)COP(=O)([O-])OCC[N+](C)(C)C. The number of esters is 1. The van der Waals surface area contributed by atoms with Crippen LogP contribution in [0.25, 0.3) is 0 Å². The fraction of sp³-hybridized carbons (Fsp3) is 0.836. The zero-order chi connectivity index (χ0) is 46.9. The molecule has 0 aromatic carbocycles. The minimum absolute atomic E-state index is 0.0231. The van der Waals surface area contributed by atoms with Gasteiger partial charge in [0.15, 0.2) is 0 Å². The minimum atomic E-state index is -4.54. The average molecular weight is 922 g/mol. The number of allylic oxidation sites excluding steroid dienone is 8. The molecule has 0 aromatic rings. The summed E-state index contributed by atoms with van der Waals surface area (Å²) in [6.07, 6.45) is 59.9. The molecule has 0 amide bonds. The lowest BCUT2D eigenvalue weighted by Gasteiger charge is -2.28. The first kappa shape index (κ1) is 62.5. The highest BCUT2D eigenvalue weighted by Gasteiger charge is 2.20. The van der Waals surface area contributed by atoms with Crippen LogP contribution in [0, 0.1) is 0 Å². The van der Waals surface area contributed by atoms with Gasteiger partial charge in [0.05, 0.1) is 34.4 Å². The van der Waals surface area contributed by atoms with E-state index in [2.05, 4.69) is 62.5 Å². The first-order valence-electron chi connectivity index (χ1n) is 26.9. The van der Waals surface area contributed by atoms with Crippen LogP contribution in [0.2, 0.25) is 0 Å². The van der Waals surface area contributed by atoms with Crippen molar-refractivity contribution in [3.8, 4) is 0 Å². The fourth-order valence-electron chi connectivity index (χ4n) is 7.43. The number of phosphoric ester groups is 1. The standard InChI is InChI=1S/C55H104NO7P/c1-6-8-10-12-14-16-18-20-22-24-26-27-28-29-30-32-34-36-38-40-42-44-46-48-55(57)63-54(53-62-64(58,59)61-51-49-56(3,4)5)52-60-50-47-45-43-41-39-37-35-33-31-25-23-21-19-17-15-13-11-9-7-2/h18,20,23-26,28-29,54H,6-17,19,21-22,27,30-53H2,1-5H3/b20-18-,25-23-,26-24-,29-28-. The zero-order valence-corrected chi connectivity index (χ0v) is 43.6. The van der Waals surface area contributed by atoms with Gasteiger partial charge >= 0.3 is 5.97 Å². The lowest BCUT2D eigenvalue weighted by Crippen LogP contribution is -2.37. The largest absolute Gasteiger partial charge is 0.756 e. The molecule has 0 saturated carbocycles. The Labute approximate surface area is 397 Å². The van der Waals surface area contributed by atoms with Crippen LogP contribution in [-0.4, -0.2) is 70.7 Å². The van der Waals surface area contributed by atoms with Crippen molar-refractivity contribution in [2.75, 3.05) is 54.1 Å². The molecule has 0 fully saturated rings. The summed E-state index contributed by atoms with van der Waals surface area (Å²) in [6, 6.07) is 0. The maximum atomic E-state index is 12.8. The molecule has 0 spiro atoms. The zero-order valence-electron chi connectivity index (χ0n) is 42.7. The molecule has 0 aliphatic rings. The molecule has 376 valence electrons. The summed E-state index contributed by atoms with van der Waals surface area (Å²) in [5, 5.41) is 0. The number of likely N-dealkylation sites (N-methyl/N-ethyl adjacent to an activating group) is 1. The van der Waals surface area contributed by atoms with Crippen LogP contribution >= 0.6 is 7.82 Å². The van der Waals surface area contributed by atoms with Gasteiger partial charge in [-0.25, -0.2) is 0 Å². The number of nitrogens with zero attached hydrogens (tertiary/aromatic N) is 1. The Balaban J connectivity index is 4.14. The van der Waals surface area contributed by atoms with Gasteiger partial charge in [0.25, 0.3) is 7.82 Å². The van der Waals surface area contributed by atoms with E-state index in [1.807, 2.05) is 21.1 Å². The van der Waals surface area contributed by atoms with Crippen molar-refractivity contribution in [2.24, 2.45) is 0 Å². The topological polar surface area (TPSA) is 94.1 Å². The molecular weight excluding hydrogens is 818 g/mol. The number of ether oxygens (including phenoxy) is 2. The van der Waals surface area contributed by atoms with E-state index in [1.54, 1.807) is 0 Å². The van der Waals surface area contributed by atoms with Crippen molar-refractivity contribution in [3.63, 3.8) is 0 Å². The summed E-state index contributed by atoms with van der Waals surface area (Å²) in [6.45, 7) is 5.41. The van der Waals surface area contributed by atoms with E-state index in [1.165, 1.54) is 167 Å². The van der Waals surface area contributed by atoms with Crippen molar-refractivity contribution in [3.05, 3.63) is 48.6 Å². The highest BCUT2D eigenvalue weighted by atomic mass is 31.2. The van der Waals surface area contributed by atoms with Crippen LogP contribution in [0.1, 0.15) is 239 Å². The Morgan fingerprint density at radius 3 is 1.30 bits per heavy atom. The molecule has 9 heteroatoms. The predicted octanol–water partition coefficient (Wildman–Crippen LogP) is 16.0. The summed E-state index contributed by atoms with van der Waals surface area (Å²) in [5.74, 6) is -0.340. The van der Waals surface area contributed by atoms with Gasteiger partial charge < -0.3 is 27.9 Å². The predicted molar refractivity (Wildman–Crippen MR) is 273 cm³/mol. The number of quaternary nitrogens is 1. The number of rotatable bonds is 50. The Morgan fingerprint density at radius 2 is 0.859 bits per heavy atom. The lowest BCUT2D eigenvalue weighted by atomic mass is 10.1. The molecule has 0 rings (SSSR count). The maximum Gasteiger partial charge on any atom is 0.306 e. The van der Waals surface area contributed by atoms with Gasteiger partial charge in [-0.15, -0.1) is 0 Å². The number of carbonyl (C=O) groups is 1. The number of unbranched alkanes of at least 4 members (excludes halogenated alkanes) is 28. The molecule has 0 aliphatic carbocycles. The Hall–Kier alpha value is -1.54. The number of hydrogen-bond donors (Lipinski definition) is 0. The second-order valence-corrected chi connectivity index (χ2v) is 20.6. The summed E-state index contributed by atoms with van der Waals surface area (Å²) in [7, 11) is 1.35. The monoisotopic (exact) mass is 922 g/mol. The van der Waals surface area contributed by atoms with Gasteiger partial charge in [-0.3, -0.25) is 9.36 Å². The van der Waals surface area contributed by atoms with Gasteiger partial charge in [0, 0.05) is 13.0 Å². The van der Waals surface area contributed by atoms with Gasteiger partial charge in [-0.05, 0) is 77.0 Å². The van der Waals surface area contributed by atoms with E-state index in [-0.39, 0.29) is 25.8 Å². The second-order valence-electron chi connectivity index (χ2n) is 19.2. The summed E-state index contributed by atoms with van der Waals surface area (Å²) < 4.78 is 34.8. The highest BCUT2D eigenvalue weighted by molar-refractivity contribution is 7.45. The quantitative estimate of drug-likeness (QED) is 0.0197. The van der Waals surface area contributed by atoms with Crippen molar-refractivity contribution in [2.45, 2.75) is 245 Å². The number of carbonyl (C=O) groups excluding carboxylic acids is 1. The average Bonchev–Trinajstić information content (AvgIpc) is 3.25. The summed E-state index contributed by atoms with van der Waals surface area (Å²) >= 11 is 0. The third kappa shape index (κ3) is 51.4. The van der Waals surface area contributed by atoms with Crippen LogP contribution in [0.5, 0.6) is 0 Å². The molecule has 2 atom stereocenters. The molecule has 0 saturated heterocycles. The van der Waals surface area contributed by atoms with E-state index in [9.17, 15) is 14.3 Å². The summed E-state index contributed by atoms with van der Waals surface area (Å²) in [4.78, 5) is 25.2. The maximum absolute atomic E-state index is 12.8. The Kier molecular flexibility index (Phi) is 46.8. The molecule has 64 heavy (non-hydrogen) atoms. The van der Waals surface area contributed by atoms with Crippen LogP contribution in [-0.2, 0) is 27.9 Å². The Bertz CT molecular complexity index is 1160. The van der Waals surface area contributed by atoms with E-state index in [0.29, 0.717) is 24.1 Å². The highest BCUT2D eigenvalue weighted by Crippen LogP contribution is 2.38. The first-order chi connectivity index (χ1) is 31.1. The molecule has 8 nitrogen and oxygen atoms in total. The molecular formula is C55H104NO7P. The normalized spacial score (nSPS) is 13.9. The van der Waals surface area contributed by atoms with Gasteiger partial charge in [-0.2, -0.15) is 0 Å². The van der Waals surface area contributed by atoms with Crippen molar-refractivity contribution >= 4 is 13.8 Å². The second kappa shape index (κ2) is 47.9.